The number of hydrogen-bond donors (Lipinski definition) is 2. The fourth-order valence-corrected chi connectivity index (χ4v) is 8.60. The molecule has 3 aliphatic heterocycles. The summed E-state index contributed by atoms with van der Waals surface area (Å²) in [5.74, 6) is -0.268. The van der Waals surface area contributed by atoms with Crippen LogP contribution in [0.4, 0.5) is 0 Å². The SMILES string of the molecule is COCC1=C2[C@@H](CC/C(=C/c3ccc(CO)o3)c3ccccc3)OB(O)C[C@@H]2[C@@H]2C(=O)N(C3CCN(Cc4ccccc4)CC3)C(=O)[C@@H]2C1. The number of amides is 2. The fourth-order valence-electron chi connectivity index (χ4n) is 8.60. The Hall–Kier alpha value is -3.80. The minimum absolute atomic E-state index is 0.0725. The number of ether oxygens (including phenoxy) is 1. The molecule has 4 aliphatic rings. The quantitative estimate of drug-likeness (QED) is 0.164. The molecule has 1 aliphatic carbocycles. The van der Waals surface area contributed by atoms with E-state index in [9.17, 15) is 19.7 Å². The summed E-state index contributed by atoms with van der Waals surface area (Å²) in [4.78, 5) is 32.4. The highest BCUT2D eigenvalue weighted by molar-refractivity contribution is 6.43. The second-order valence-corrected chi connectivity index (χ2v) is 13.8. The van der Waals surface area contributed by atoms with Crippen LogP contribution in [0.5, 0.6) is 0 Å². The maximum absolute atomic E-state index is 14.3. The molecule has 2 amide bonds. The number of furan rings is 1. The van der Waals surface area contributed by atoms with Crippen molar-refractivity contribution >= 4 is 30.6 Å². The number of piperidine rings is 1. The monoisotopic (exact) mass is 664 g/mol. The molecule has 10 heteroatoms. The lowest BCUT2D eigenvalue weighted by Gasteiger charge is -2.43. The summed E-state index contributed by atoms with van der Waals surface area (Å²) in [6.45, 7) is 2.70. The van der Waals surface area contributed by atoms with Crippen LogP contribution in [0.2, 0.25) is 6.32 Å². The summed E-state index contributed by atoms with van der Waals surface area (Å²) in [5, 5.41) is 20.6. The first-order chi connectivity index (χ1) is 23.9. The van der Waals surface area contributed by atoms with Crippen LogP contribution in [0.25, 0.3) is 11.6 Å². The van der Waals surface area contributed by atoms with Gasteiger partial charge in [-0.1, -0.05) is 60.7 Å². The number of carbonyl (C=O) groups is 2. The number of methoxy groups -OCH3 is 1. The second-order valence-electron chi connectivity index (χ2n) is 13.8. The van der Waals surface area contributed by atoms with E-state index >= 15 is 0 Å². The van der Waals surface area contributed by atoms with Crippen molar-refractivity contribution in [2.24, 2.45) is 17.8 Å². The minimum atomic E-state index is -1.04. The summed E-state index contributed by atoms with van der Waals surface area (Å²) in [6.07, 6.45) is 4.99. The van der Waals surface area contributed by atoms with E-state index in [1.54, 1.807) is 18.1 Å². The first kappa shape index (κ1) is 33.7. The number of nitrogens with zero attached hydrogens (tertiary/aromatic N) is 2. The van der Waals surface area contributed by atoms with Crippen LogP contribution in [-0.2, 0) is 32.1 Å². The fraction of sp³-hybridized carbons (Fsp3) is 0.436. The van der Waals surface area contributed by atoms with Crippen molar-refractivity contribution in [2.75, 3.05) is 26.8 Å². The van der Waals surface area contributed by atoms with Crippen LogP contribution in [0, 0.1) is 17.8 Å². The number of benzene rings is 2. The molecule has 256 valence electrons. The third-order valence-electron chi connectivity index (χ3n) is 10.8. The molecule has 4 atom stereocenters. The molecule has 2 aromatic carbocycles. The van der Waals surface area contributed by atoms with Crippen molar-refractivity contribution in [2.45, 2.75) is 63.7 Å². The molecule has 1 aromatic heterocycles. The molecule has 0 unspecified atom stereocenters. The molecule has 3 fully saturated rings. The molecule has 3 aromatic rings. The zero-order valence-electron chi connectivity index (χ0n) is 28.1. The maximum Gasteiger partial charge on any atom is 0.455 e. The zero-order chi connectivity index (χ0) is 33.9. The van der Waals surface area contributed by atoms with E-state index in [4.69, 9.17) is 13.8 Å². The van der Waals surface area contributed by atoms with Gasteiger partial charge in [-0.2, -0.15) is 0 Å². The normalized spacial score (nSPS) is 25.2. The van der Waals surface area contributed by atoms with Crippen molar-refractivity contribution in [1.82, 2.24) is 9.80 Å². The van der Waals surface area contributed by atoms with Gasteiger partial charge in [-0.25, -0.2) is 0 Å². The van der Waals surface area contributed by atoms with Gasteiger partial charge in [0, 0.05) is 32.8 Å². The summed E-state index contributed by atoms with van der Waals surface area (Å²) < 4.78 is 17.7. The molecule has 49 heavy (non-hydrogen) atoms. The maximum atomic E-state index is 14.3. The molecular weight excluding hydrogens is 619 g/mol. The van der Waals surface area contributed by atoms with Gasteiger partial charge in [0.1, 0.15) is 18.1 Å². The number of aliphatic hydroxyl groups excluding tert-OH is 1. The lowest BCUT2D eigenvalue weighted by Crippen LogP contribution is -2.48. The summed E-state index contributed by atoms with van der Waals surface area (Å²) >= 11 is 0. The molecule has 0 bridgehead atoms. The standard InChI is InChI=1S/C39H45BN2O7/c1-47-25-29-21-33-37(39(45)42(38(33)44)30-16-18-41(19-17-30)23-26-8-4-2-5-9-26)34-22-40(46)49-35(36(29)34)15-12-28(27-10-6-3-7-11-27)20-31-13-14-32(24-43)48-31/h2-11,13-14,20,30,33-35,37,43,46H,12,15-19,21-25H2,1H3/b28-20-/t33-,34+,35-,37-/m1/s1. The lowest BCUT2D eigenvalue weighted by atomic mass is 9.58. The predicted molar refractivity (Wildman–Crippen MR) is 186 cm³/mol. The first-order valence-electron chi connectivity index (χ1n) is 17.6. The number of carbonyl (C=O) groups excluding carboxylic acids is 2. The van der Waals surface area contributed by atoms with Crippen LogP contribution < -0.4 is 0 Å². The molecule has 3 saturated heterocycles. The molecular formula is C39H45BN2O7. The topological polar surface area (TPSA) is 113 Å². The van der Waals surface area contributed by atoms with Crippen molar-refractivity contribution in [3.8, 4) is 0 Å². The van der Waals surface area contributed by atoms with Crippen LogP contribution in [0.1, 0.15) is 54.8 Å². The Labute approximate surface area is 288 Å². The Morgan fingerprint density at radius 1 is 0.980 bits per heavy atom. The van der Waals surface area contributed by atoms with E-state index in [1.807, 2.05) is 48.5 Å². The van der Waals surface area contributed by atoms with E-state index in [1.165, 1.54) is 5.56 Å². The number of fused-ring (bicyclic) bond motifs is 3. The van der Waals surface area contributed by atoms with Gasteiger partial charge in [0.15, 0.2) is 0 Å². The smallest absolute Gasteiger partial charge is 0.455 e. The number of rotatable bonds is 11. The largest absolute Gasteiger partial charge is 0.459 e. The Bertz CT molecular complexity index is 1680. The number of likely N-dealkylation sites (tertiary alicyclic amines) is 2. The van der Waals surface area contributed by atoms with Gasteiger partial charge in [-0.15, -0.1) is 0 Å². The predicted octanol–water partition coefficient (Wildman–Crippen LogP) is 5.20. The zero-order valence-corrected chi connectivity index (χ0v) is 28.1. The van der Waals surface area contributed by atoms with Crippen molar-refractivity contribution in [3.05, 3.63) is 107 Å². The molecule has 0 saturated carbocycles. The number of aliphatic hydroxyl groups is 1. The number of imide groups is 1. The highest BCUT2D eigenvalue weighted by atomic mass is 16.5. The van der Waals surface area contributed by atoms with E-state index in [0.29, 0.717) is 37.4 Å². The Balaban J connectivity index is 1.10. The highest BCUT2D eigenvalue weighted by Gasteiger charge is 2.58. The Kier molecular flexibility index (Phi) is 10.3. The molecule has 4 heterocycles. The van der Waals surface area contributed by atoms with Crippen LogP contribution >= 0.6 is 0 Å². The summed E-state index contributed by atoms with van der Waals surface area (Å²) in [5.41, 5.74) is 5.35. The van der Waals surface area contributed by atoms with E-state index in [-0.39, 0.29) is 36.7 Å². The van der Waals surface area contributed by atoms with Crippen molar-refractivity contribution < 1.29 is 33.5 Å². The third kappa shape index (κ3) is 7.11. The van der Waals surface area contributed by atoms with E-state index in [2.05, 4.69) is 29.2 Å². The van der Waals surface area contributed by atoms with Gasteiger partial charge in [0.05, 0.1) is 24.5 Å². The number of hydrogen-bond acceptors (Lipinski definition) is 8. The van der Waals surface area contributed by atoms with Gasteiger partial charge in [-0.05, 0) is 90.4 Å². The van der Waals surface area contributed by atoms with Gasteiger partial charge < -0.3 is 23.9 Å². The van der Waals surface area contributed by atoms with Crippen LogP contribution in [0.15, 0.2) is 88.4 Å². The van der Waals surface area contributed by atoms with Crippen molar-refractivity contribution in [1.29, 1.82) is 0 Å². The second kappa shape index (κ2) is 15.0. The highest BCUT2D eigenvalue weighted by Crippen LogP contribution is 2.51. The van der Waals surface area contributed by atoms with Crippen molar-refractivity contribution in [3.63, 3.8) is 0 Å². The Morgan fingerprint density at radius 3 is 2.41 bits per heavy atom. The molecule has 7 rings (SSSR count). The minimum Gasteiger partial charge on any atom is -0.459 e. The molecule has 9 nitrogen and oxygen atoms in total. The average molecular weight is 665 g/mol. The number of allylic oxidation sites excluding steroid dienone is 1. The van der Waals surface area contributed by atoms with Crippen LogP contribution in [-0.4, -0.2) is 77.8 Å². The Morgan fingerprint density at radius 2 is 1.71 bits per heavy atom. The van der Waals surface area contributed by atoms with E-state index in [0.717, 1.165) is 54.8 Å². The average Bonchev–Trinajstić information content (AvgIpc) is 3.68. The molecule has 0 spiro atoms. The van der Waals surface area contributed by atoms with Gasteiger partial charge in [0.25, 0.3) is 0 Å². The van der Waals surface area contributed by atoms with Gasteiger partial charge in [-0.3, -0.25) is 19.4 Å². The third-order valence-corrected chi connectivity index (χ3v) is 10.8. The molecule has 2 N–H and O–H groups in total. The summed E-state index contributed by atoms with van der Waals surface area (Å²) in [6, 6.07) is 23.9. The van der Waals surface area contributed by atoms with Gasteiger partial charge in [0.2, 0.25) is 11.8 Å². The van der Waals surface area contributed by atoms with E-state index < -0.39 is 25.1 Å². The summed E-state index contributed by atoms with van der Waals surface area (Å²) in [7, 11) is 0.611. The molecule has 0 radical (unpaired) electrons. The first-order valence-corrected chi connectivity index (χ1v) is 17.6. The van der Waals surface area contributed by atoms with Gasteiger partial charge >= 0.3 is 7.12 Å². The lowest BCUT2D eigenvalue weighted by molar-refractivity contribution is -0.144. The van der Waals surface area contributed by atoms with Crippen LogP contribution in [0.3, 0.4) is 0 Å².